The lowest BCUT2D eigenvalue weighted by Crippen LogP contribution is -2.28. The van der Waals surface area contributed by atoms with Crippen molar-refractivity contribution in [1.29, 1.82) is 0 Å². The normalized spacial score (nSPS) is 19.7. The molecule has 4 N–H and O–H groups in total. The van der Waals surface area contributed by atoms with Crippen LogP contribution in [0.15, 0.2) is 41.6 Å². The van der Waals surface area contributed by atoms with Crippen molar-refractivity contribution in [1.82, 2.24) is 15.1 Å². The SMILES string of the molecule is Cn1cc([C@H]2CNC[C@@H]2C(=O)Nc2ccccc2SCC(N)=O)cn1. The molecule has 2 atom stereocenters. The van der Waals surface area contributed by atoms with Crippen molar-refractivity contribution < 1.29 is 9.59 Å². The smallest absolute Gasteiger partial charge is 0.229 e. The van der Waals surface area contributed by atoms with Crippen LogP contribution in [-0.4, -0.2) is 40.4 Å². The van der Waals surface area contributed by atoms with E-state index in [0.717, 1.165) is 17.0 Å². The van der Waals surface area contributed by atoms with E-state index < -0.39 is 0 Å². The van der Waals surface area contributed by atoms with Crippen molar-refractivity contribution in [3.8, 4) is 0 Å². The summed E-state index contributed by atoms with van der Waals surface area (Å²) in [4.78, 5) is 24.7. The molecular weight excluding hydrogens is 338 g/mol. The zero-order chi connectivity index (χ0) is 17.8. The number of thioether (sulfide) groups is 1. The first kappa shape index (κ1) is 17.5. The molecule has 0 radical (unpaired) electrons. The number of carbonyl (C=O) groups excluding carboxylic acids is 2. The molecule has 1 fully saturated rings. The van der Waals surface area contributed by atoms with E-state index in [4.69, 9.17) is 5.73 Å². The fourth-order valence-corrected chi connectivity index (χ4v) is 3.75. The van der Waals surface area contributed by atoms with Gasteiger partial charge in [0.1, 0.15) is 0 Å². The molecule has 1 saturated heterocycles. The molecule has 0 bridgehead atoms. The lowest BCUT2D eigenvalue weighted by molar-refractivity contribution is -0.119. The van der Waals surface area contributed by atoms with Gasteiger partial charge < -0.3 is 16.4 Å². The van der Waals surface area contributed by atoms with Crippen LogP contribution in [0.2, 0.25) is 0 Å². The molecule has 2 aromatic rings. The van der Waals surface area contributed by atoms with Gasteiger partial charge in [-0.3, -0.25) is 14.3 Å². The van der Waals surface area contributed by atoms with Gasteiger partial charge in [0, 0.05) is 37.1 Å². The van der Waals surface area contributed by atoms with Crippen LogP contribution in [0.5, 0.6) is 0 Å². The van der Waals surface area contributed by atoms with E-state index >= 15 is 0 Å². The van der Waals surface area contributed by atoms with Gasteiger partial charge in [-0.25, -0.2) is 0 Å². The second-order valence-electron chi connectivity index (χ2n) is 6.06. The third-order valence-corrected chi connectivity index (χ3v) is 5.31. The number of hydrogen-bond acceptors (Lipinski definition) is 5. The number of hydrogen-bond donors (Lipinski definition) is 3. The molecule has 0 spiro atoms. The number of carbonyl (C=O) groups is 2. The third-order valence-electron chi connectivity index (χ3n) is 4.22. The molecule has 1 aliphatic rings. The Hall–Kier alpha value is -2.32. The minimum atomic E-state index is -0.386. The highest BCUT2D eigenvalue weighted by Crippen LogP contribution is 2.31. The number of primary amides is 1. The van der Waals surface area contributed by atoms with Crippen LogP contribution in [0, 0.1) is 5.92 Å². The van der Waals surface area contributed by atoms with E-state index in [2.05, 4.69) is 15.7 Å². The number of para-hydroxylation sites is 1. The molecule has 0 unspecified atom stereocenters. The lowest BCUT2D eigenvalue weighted by atomic mass is 9.90. The molecule has 2 amide bonds. The first-order valence-corrected chi connectivity index (χ1v) is 9.03. The number of rotatable bonds is 6. The van der Waals surface area contributed by atoms with Gasteiger partial charge in [0.25, 0.3) is 0 Å². The number of anilines is 1. The molecule has 7 nitrogen and oxygen atoms in total. The van der Waals surface area contributed by atoms with Crippen molar-refractivity contribution in [3.63, 3.8) is 0 Å². The zero-order valence-electron chi connectivity index (χ0n) is 13.9. The van der Waals surface area contributed by atoms with E-state index in [1.165, 1.54) is 11.8 Å². The van der Waals surface area contributed by atoms with Crippen LogP contribution in [0.25, 0.3) is 0 Å². The maximum Gasteiger partial charge on any atom is 0.229 e. The summed E-state index contributed by atoms with van der Waals surface area (Å²) in [5.74, 6) is -0.317. The van der Waals surface area contributed by atoms with Crippen molar-refractivity contribution in [3.05, 3.63) is 42.2 Å². The van der Waals surface area contributed by atoms with Gasteiger partial charge in [-0.15, -0.1) is 11.8 Å². The predicted molar refractivity (Wildman–Crippen MR) is 97.3 cm³/mol. The molecular formula is C17H21N5O2S. The molecule has 0 aliphatic carbocycles. The maximum atomic E-state index is 12.8. The van der Waals surface area contributed by atoms with Gasteiger partial charge in [0.2, 0.25) is 11.8 Å². The number of aryl methyl sites for hydroxylation is 1. The van der Waals surface area contributed by atoms with Gasteiger partial charge >= 0.3 is 0 Å². The Balaban J connectivity index is 1.72. The van der Waals surface area contributed by atoms with Crippen LogP contribution >= 0.6 is 11.8 Å². The average Bonchev–Trinajstić information content (AvgIpc) is 3.22. The van der Waals surface area contributed by atoms with Crippen molar-refractivity contribution in [2.45, 2.75) is 10.8 Å². The Morgan fingerprint density at radius 3 is 2.92 bits per heavy atom. The average molecular weight is 359 g/mol. The van der Waals surface area contributed by atoms with Crippen LogP contribution in [0.3, 0.4) is 0 Å². The summed E-state index contributed by atoms with van der Waals surface area (Å²) < 4.78 is 1.75. The Morgan fingerprint density at radius 2 is 2.20 bits per heavy atom. The minimum absolute atomic E-state index is 0.0361. The van der Waals surface area contributed by atoms with E-state index in [1.54, 1.807) is 4.68 Å². The molecule has 25 heavy (non-hydrogen) atoms. The number of aromatic nitrogens is 2. The van der Waals surface area contributed by atoms with Gasteiger partial charge in [-0.1, -0.05) is 12.1 Å². The first-order chi connectivity index (χ1) is 12.0. The summed E-state index contributed by atoms with van der Waals surface area (Å²) in [6, 6.07) is 7.43. The second kappa shape index (κ2) is 7.71. The Kier molecular flexibility index (Phi) is 5.40. The van der Waals surface area contributed by atoms with Crippen LogP contribution < -0.4 is 16.4 Å². The van der Waals surface area contributed by atoms with Crippen molar-refractivity contribution in [2.24, 2.45) is 18.7 Å². The van der Waals surface area contributed by atoms with Crippen LogP contribution in [-0.2, 0) is 16.6 Å². The molecule has 3 rings (SSSR count). The second-order valence-corrected chi connectivity index (χ2v) is 7.08. The zero-order valence-corrected chi connectivity index (χ0v) is 14.8. The standard InChI is InChI=1S/C17H21N5O2S/c1-22-9-11(6-20-22)12-7-19-8-13(12)17(24)21-14-4-2-3-5-15(14)25-10-16(18)23/h2-6,9,12-13,19H,7-8,10H2,1H3,(H2,18,23)(H,21,24)/t12-,13+/m1/s1. The summed E-state index contributed by atoms with van der Waals surface area (Å²) in [5, 5.41) is 10.5. The fourth-order valence-electron chi connectivity index (χ4n) is 3.01. The largest absolute Gasteiger partial charge is 0.369 e. The molecule has 2 heterocycles. The number of nitrogens with zero attached hydrogens (tertiary/aromatic N) is 2. The van der Waals surface area contributed by atoms with Gasteiger partial charge in [-0.2, -0.15) is 5.10 Å². The van der Waals surface area contributed by atoms with Crippen LogP contribution in [0.1, 0.15) is 11.5 Å². The molecule has 132 valence electrons. The van der Waals surface area contributed by atoms with E-state index in [-0.39, 0.29) is 29.4 Å². The lowest BCUT2D eigenvalue weighted by Gasteiger charge is -2.18. The van der Waals surface area contributed by atoms with E-state index in [9.17, 15) is 9.59 Å². The Morgan fingerprint density at radius 1 is 1.40 bits per heavy atom. The summed E-state index contributed by atoms with van der Waals surface area (Å²) in [5.41, 5.74) is 6.98. The number of nitrogens with two attached hydrogens (primary N) is 1. The first-order valence-electron chi connectivity index (χ1n) is 8.05. The molecule has 1 aliphatic heterocycles. The van der Waals surface area contributed by atoms with E-state index in [1.807, 2.05) is 43.7 Å². The summed E-state index contributed by atoms with van der Waals surface area (Å²) in [6.45, 7) is 1.38. The van der Waals surface area contributed by atoms with E-state index in [0.29, 0.717) is 12.2 Å². The third kappa shape index (κ3) is 4.21. The molecule has 8 heteroatoms. The highest BCUT2D eigenvalue weighted by molar-refractivity contribution is 8.00. The summed E-state index contributed by atoms with van der Waals surface area (Å²) in [7, 11) is 1.87. The number of amides is 2. The van der Waals surface area contributed by atoms with Gasteiger partial charge in [0.15, 0.2) is 0 Å². The number of benzene rings is 1. The maximum absolute atomic E-state index is 12.8. The molecule has 0 saturated carbocycles. The van der Waals surface area contributed by atoms with Crippen molar-refractivity contribution in [2.75, 3.05) is 24.2 Å². The highest BCUT2D eigenvalue weighted by atomic mass is 32.2. The van der Waals surface area contributed by atoms with Crippen molar-refractivity contribution >= 4 is 29.3 Å². The van der Waals surface area contributed by atoms with Gasteiger partial charge in [-0.05, 0) is 17.7 Å². The number of nitrogens with one attached hydrogen (secondary N) is 2. The Labute approximate surface area is 150 Å². The highest BCUT2D eigenvalue weighted by Gasteiger charge is 2.34. The molecule has 1 aromatic carbocycles. The minimum Gasteiger partial charge on any atom is -0.369 e. The predicted octanol–water partition coefficient (Wildman–Crippen LogP) is 0.939. The Bertz CT molecular complexity index is 776. The summed E-state index contributed by atoms with van der Waals surface area (Å²) in [6.07, 6.45) is 3.77. The summed E-state index contributed by atoms with van der Waals surface area (Å²) >= 11 is 1.32. The monoisotopic (exact) mass is 359 g/mol. The molecule has 1 aromatic heterocycles. The topological polar surface area (TPSA) is 102 Å². The fraction of sp³-hybridized carbons (Fsp3) is 0.353. The quantitative estimate of drug-likeness (QED) is 0.666. The van der Waals surface area contributed by atoms with Crippen LogP contribution in [0.4, 0.5) is 5.69 Å². The van der Waals surface area contributed by atoms with Gasteiger partial charge in [0.05, 0.1) is 23.6 Å².